The van der Waals surface area contributed by atoms with E-state index in [2.05, 4.69) is 54.0 Å². The van der Waals surface area contributed by atoms with Crippen LogP contribution in [-0.4, -0.2) is 16.1 Å². The van der Waals surface area contributed by atoms with Crippen LogP contribution in [0.4, 0.5) is 0 Å². The van der Waals surface area contributed by atoms with Crippen molar-refractivity contribution in [2.24, 2.45) is 0 Å². The monoisotopic (exact) mass is 305 g/mol. The molecule has 1 heterocycles. The van der Waals surface area contributed by atoms with E-state index < -0.39 is 0 Å². The minimum Gasteiger partial charge on any atom is -0.335 e. The maximum atomic E-state index is 5.91. The number of nitrogens with zero attached hydrogens (tertiary/aromatic N) is 2. The quantitative estimate of drug-likeness (QED) is 0.768. The van der Waals surface area contributed by atoms with Crippen LogP contribution in [0.2, 0.25) is 5.02 Å². The van der Waals surface area contributed by atoms with Gasteiger partial charge in [0.05, 0.1) is 0 Å². The smallest absolute Gasteiger partial charge is 0.111 e. The highest BCUT2D eigenvalue weighted by Crippen LogP contribution is 2.16. The van der Waals surface area contributed by atoms with Gasteiger partial charge < -0.3 is 9.88 Å². The molecule has 0 aliphatic rings. The minimum atomic E-state index is 0.342. The summed E-state index contributed by atoms with van der Waals surface area (Å²) in [5.41, 5.74) is 1.27. The van der Waals surface area contributed by atoms with Crippen molar-refractivity contribution in [3.63, 3.8) is 0 Å². The molecule has 0 saturated heterocycles. The zero-order chi connectivity index (χ0) is 15.2. The van der Waals surface area contributed by atoms with Crippen molar-refractivity contribution >= 4 is 11.6 Å². The van der Waals surface area contributed by atoms with E-state index in [0.717, 1.165) is 24.5 Å². The highest BCUT2D eigenvalue weighted by Gasteiger charge is 2.07. The van der Waals surface area contributed by atoms with Crippen molar-refractivity contribution in [1.82, 2.24) is 14.9 Å². The second-order valence-corrected chi connectivity index (χ2v) is 6.15. The molecular weight excluding hydrogens is 282 g/mol. The average molecular weight is 306 g/mol. The molecule has 3 nitrogen and oxygen atoms in total. The molecule has 1 unspecified atom stereocenters. The molecule has 1 N–H and O–H groups in total. The highest BCUT2D eigenvalue weighted by atomic mass is 35.5. The topological polar surface area (TPSA) is 29.9 Å². The Morgan fingerprint density at radius 1 is 1.19 bits per heavy atom. The van der Waals surface area contributed by atoms with Crippen molar-refractivity contribution in [3.05, 3.63) is 53.1 Å². The van der Waals surface area contributed by atoms with E-state index in [1.165, 1.54) is 11.4 Å². The lowest BCUT2D eigenvalue weighted by Crippen LogP contribution is -2.21. The number of benzene rings is 1. The van der Waals surface area contributed by atoms with E-state index in [-0.39, 0.29) is 0 Å². The fraction of sp³-hybridized carbons (Fsp3) is 0.471. The summed E-state index contributed by atoms with van der Waals surface area (Å²) >= 11 is 5.91. The molecule has 0 bridgehead atoms. The Hall–Kier alpha value is -1.32. The zero-order valence-electron chi connectivity index (χ0n) is 13.0. The summed E-state index contributed by atoms with van der Waals surface area (Å²) in [7, 11) is 0. The van der Waals surface area contributed by atoms with Gasteiger partial charge in [-0.2, -0.15) is 0 Å². The summed E-state index contributed by atoms with van der Waals surface area (Å²) in [5.74, 6) is 1.64. The molecule has 0 aliphatic carbocycles. The van der Waals surface area contributed by atoms with Gasteiger partial charge in [-0.3, -0.25) is 0 Å². The SMILES string of the molecule is CC(C)c1nccn1CCCNC(C)c1ccc(Cl)cc1. The molecule has 1 aromatic heterocycles. The summed E-state index contributed by atoms with van der Waals surface area (Å²) in [6.45, 7) is 8.53. The zero-order valence-corrected chi connectivity index (χ0v) is 13.8. The van der Waals surface area contributed by atoms with Crippen LogP contribution >= 0.6 is 11.6 Å². The largest absolute Gasteiger partial charge is 0.335 e. The molecule has 0 spiro atoms. The lowest BCUT2D eigenvalue weighted by molar-refractivity contribution is 0.514. The number of rotatable bonds is 7. The third-order valence-electron chi connectivity index (χ3n) is 3.66. The number of aromatic nitrogens is 2. The van der Waals surface area contributed by atoms with Gasteiger partial charge >= 0.3 is 0 Å². The minimum absolute atomic E-state index is 0.342. The Kier molecular flexibility index (Phi) is 5.83. The average Bonchev–Trinajstić information content (AvgIpc) is 2.92. The summed E-state index contributed by atoms with van der Waals surface area (Å²) in [4.78, 5) is 4.42. The van der Waals surface area contributed by atoms with Crippen LogP contribution in [0.25, 0.3) is 0 Å². The standard InChI is InChI=1S/C17H24ClN3/c1-13(2)17-20-10-12-21(17)11-4-9-19-14(3)15-5-7-16(18)8-6-15/h5-8,10,12-14,19H,4,9,11H2,1-3H3. The summed E-state index contributed by atoms with van der Waals surface area (Å²) < 4.78 is 2.25. The Morgan fingerprint density at radius 2 is 1.90 bits per heavy atom. The molecule has 2 rings (SSSR count). The van der Waals surface area contributed by atoms with E-state index in [1.54, 1.807) is 0 Å². The van der Waals surface area contributed by atoms with Gasteiger partial charge in [-0.05, 0) is 37.6 Å². The first-order valence-corrected chi connectivity index (χ1v) is 7.95. The Labute approximate surface area is 132 Å². The summed E-state index contributed by atoms with van der Waals surface area (Å²) in [5, 5.41) is 4.34. The van der Waals surface area contributed by atoms with Crippen LogP contribution in [0.1, 0.15) is 50.5 Å². The van der Waals surface area contributed by atoms with Crippen LogP contribution in [-0.2, 0) is 6.54 Å². The lowest BCUT2D eigenvalue weighted by Gasteiger charge is -2.15. The van der Waals surface area contributed by atoms with Gasteiger partial charge in [0.25, 0.3) is 0 Å². The van der Waals surface area contributed by atoms with Gasteiger partial charge in [-0.15, -0.1) is 0 Å². The van der Waals surface area contributed by atoms with Crippen molar-refractivity contribution in [3.8, 4) is 0 Å². The molecule has 2 aromatic rings. The Bertz CT molecular complexity index is 545. The van der Waals surface area contributed by atoms with Crippen molar-refractivity contribution in [1.29, 1.82) is 0 Å². The van der Waals surface area contributed by atoms with Gasteiger partial charge in [0.2, 0.25) is 0 Å². The van der Waals surface area contributed by atoms with E-state index >= 15 is 0 Å². The van der Waals surface area contributed by atoms with Crippen LogP contribution in [0.3, 0.4) is 0 Å². The molecule has 0 amide bonds. The number of halogens is 1. The van der Waals surface area contributed by atoms with Crippen LogP contribution in [0.15, 0.2) is 36.7 Å². The van der Waals surface area contributed by atoms with Crippen molar-refractivity contribution in [2.45, 2.75) is 45.7 Å². The molecular formula is C17H24ClN3. The first-order valence-electron chi connectivity index (χ1n) is 7.58. The van der Waals surface area contributed by atoms with Gasteiger partial charge in [0, 0.05) is 35.9 Å². The van der Waals surface area contributed by atoms with Gasteiger partial charge in [-0.25, -0.2) is 4.98 Å². The van der Waals surface area contributed by atoms with Crippen molar-refractivity contribution < 1.29 is 0 Å². The summed E-state index contributed by atoms with van der Waals surface area (Å²) in [6, 6.07) is 8.37. The van der Waals surface area contributed by atoms with Crippen LogP contribution in [0.5, 0.6) is 0 Å². The predicted molar refractivity (Wildman–Crippen MR) is 88.8 cm³/mol. The maximum Gasteiger partial charge on any atom is 0.111 e. The molecule has 21 heavy (non-hydrogen) atoms. The van der Waals surface area contributed by atoms with Crippen LogP contribution < -0.4 is 5.32 Å². The molecule has 114 valence electrons. The van der Waals surface area contributed by atoms with Gasteiger partial charge in [0.15, 0.2) is 0 Å². The number of hydrogen-bond acceptors (Lipinski definition) is 2. The fourth-order valence-electron chi connectivity index (χ4n) is 2.45. The normalized spacial score (nSPS) is 12.8. The number of nitrogens with one attached hydrogen (secondary N) is 1. The fourth-order valence-corrected chi connectivity index (χ4v) is 2.57. The van der Waals surface area contributed by atoms with Gasteiger partial charge in [-0.1, -0.05) is 37.6 Å². The lowest BCUT2D eigenvalue weighted by atomic mass is 10.1. The molecule has 0 saturated carbocycles. The molecule has 4 heteroatoms. The predicted octanol–water partition coefficient (Wildman–Crippen LogP) is 4.40. The Morgan fingerprint density at radius 3 is 2.57 bits per heavy atom. The second-order valence-electron chi connectivity index (χ2n) is 5.71. The third kappa shape index (κ3) is 4.58. The van der Waals surface area contributed by atoms with E-state index in [1.807, 2.05) is 18.3 Å². The Balaban J connectivity index is 1.76. The number of aryl methyl sites for hydroxylation is 1. The van der Waals surface area contributed by atoms with Crippen molar-refractivity contribution in [2.75, 3.05) is 6.54 Å². The highest BCUT2D eigenvalue weighted by molar-refractivity contribution is 6.30. The van der Waals surface area contributed by atoms with Crippen LogP contribution in [0, 0.1) is 0 Å². The molecule has 1 aromatic carbocycles. The van der Waals surface area contributed by atoms with E-state index in [4.69, 9.17) is 11.6 Å². The molecule has 0 aliphatic heterocycles. The molecule has 1 atom stereocenters. The molecule has 0 radical (unpaired) electrons. The first kappa shape index (κ1) is 16.1. The summed E-state index contributed by atoms with van der Waals surface area (Å²) in [6.07, 6.45) is 5.05. The third-order valence-corrected chi connectivity index (χ3v) is 3.91. The molecule has 0 fully saturated rings. The van der Waals surface area contributed by atoms with E-state index in [0.29, 0.717) is 12.0 Å². The first-order chi connectivity index (χ1) is 10.1. The maximum absolute atomic E-state index is 5.91. The number of hydrogen-bond donors (Lipinski definition) is 1. The number of imidazole rings is 1. The van der Waals surface area contributed by atoms with Gasteiger partial charge in [0.1, 0.15) is 5.82 Å². The second kappa shape index (κ2) is 7.62. The van der Waals surface area contributed by atoms with E-state index in [9.17, 15) is 0 Å².